The monoisotopic (exact) mass is 326 g/mol. The predicted molar refractivity (Wildman–Crippen MR) is 102 cm³/mol. The number of halogens is 1. The SMILES string of the molecule is C/C(=C/CNCCCN(C)C)c1ccc(-c2ccc(F)cc2)cc1. The smallest absolute Gasteiger partial charge is 0.123 e. The Balaban J connectivity index is 1.87. The van der Waals surface area contributed by atoms with E-state index >= 15 is 0 Å². The maximum absolute atomic E-state index is 13.0. The first-order chi connectivity index (χ1) is 11.6. The molecule has 24 heavy (non-hydrogen) atoms. The van der Waals surface area contributed by atoms with Crippen molar-refractivity contribution < 1.29 is 4.39 Å². The van der Waals surface area contributed by atoms with Gasteiger partial charge in [-0.25, -0.2) is 4.39 Å². The average molecular weight is 326 g/mol. The molecule has 0 radical (unpaired) electrons. The number of benzene rings is 2. The zero-order valence-electron chi connectivity index (χ0n) is 14.8. The highest BCUT2D eigenvalue weighted by molar-refractivity contribution is 5.69. The first-order valence-corrected chi connectivity index (χ1v) is 8.45. The van der Waals surface area contributed by atoms with Gasteiger partial charge < -0.3 is 10.2 Å². The minimum Gasteiger partial charge on any atom is -0.313 e. The van der Waals surface area contributed by atoms with E-state index in [0.717, 1.165) is 37.2 Å². The van der Waals surface area contributed by atoms with E-state index in [1.165, 1.54) is 23.3 Å². The summed E-state index contributed by atoms with van der Waals surface area (Å²) in [4.78, 5) is 2.20. The van der Waals surface area contributed by atoms with Crippen molar-refractivity contribution >= 4 is 5.57 Å². The number of hydrogen-bond donors (Lipinski definition) is 1. The summed E-state index contributed by atoms with van der Waals surface area (Å²) < 4.78 is 13.0. The molecule has 2 aromatic rings. The first kappa shape index (κ1) is 18.4. The second-order valence-corrected chi connectivity index (χ2v) is 6.33. The molecule has 0 amide bonds. The van der Waals surface area contributed by atoms with Crippen molar-refractivity contribution in [1.82, 2.24) is 10.2 Å². The van der Waals surface area contributed by atoms with Crippen molar-refractivity contribution in [2.45, 2.75) is 13.3 Å². The van der Waals surface area contributed by atoms with Crippen molar-refractivity contribution in [3.63, 3.8) is 0 Å². The van der Waals surface area contributed by atoms with Crippen LogP contribution in [0.15, 0.2) is 54.6 Å². The lowest BCUT2D eigenvalue weighted by Gasteiger charge is -2.09. The molecule has 2 aromatic carbocycles. The lowest BCUT2D eigenvalue weighted by Crippen LogP contribution is -2.21. The highest BCUT2D eigenvalue weighted by atomic mass is 19.1. The lowest BCUT2D eigenvalue weighted by molar-refractivity contribution is 0.396. The van der Waals surface area contributed by atoms with Crippen LogP contribution in [0.25, 0.3) is 16.7 Å². The van der Waals surface area contributed by atoms with Crippen LogP contribution >= 0.6 is 0 Å². The van der Waals surface area contributed by atoms with Crippen LogP contribution < -0.4 is 5.32 Å². The fraction of sp³-hybridized carbons (Fsp3) is 0.333. The van der Waals surface area contributed by atoms with Crippen LogP contribution in [-0.4, -0.2) is 38.6 Å². The topological polar surface area (TPSA) is 15.3 Å². The molecular weight excluding hydrogens is 299 g/mol. The van der Waals surface area contributed by atoms with Gasteiger partial charge in [-0.1, -0.05) is 42.5 Å². The molecule has 0 saturated carbocycles. The third-order valence-corrected chi connectivity index (χ3v) is 4.03. The van der Waals surface area contributed by atoms with Crippen LogP contribution in [0.4, 0.5) is 4.39 Å². The number of allylic oxidation sites excluding steroid dienone is 1. The van der Waals surface area contributed by atoms with Gasteiger partial charge in [0.15, 0.2) is 0 Å². The van der Waals surface area contributed by atoms with E-state index < -0.39 is 0 Å². The van der Waals surface area contributed by atoms with Crippen molar-refractivity contribution in [2.24, 2.45) is 0 Å². The molecule has 0 saturated heterocycles. The van der Waals surface area contributed by atoms with Gasteiger partial charge in [-0.3, -0.25) is 0 Å². The van der Waals surface area contributed by atoms with Crippen molar-refractivity contribution in [1.29, 1.82) is 0 Å². The lowest BCUT2D eigenvalue weighted by atomic mass is 10.0. The van der Waals surface area contributed by atoms with Gasteiger partial charge in [-0.2, -0.15) is 0 Å². The number of rotatable bonds is 8. The standard InChI is InChI=1S/C21H27FN2/c1-17(13-15-23-14-4-16-24(2)3)18-5-7-19(8-6-18)20-9-11-21(22)12-10-20/h5-13,23H,4,14-16H2,1-3H3/b17-13-. The molecule has 0 fully saturated rings. The third kappa shape index (κ3) is 5.91. The fourth-order valence-electron chi connectivity index (χ4n) is 2.53. The van der Waals surface area contributed by atoms with Crippen LogP contribution in [0.3, 0.4) is 0 Å². The van der Waals surface area contributed by atoms with E-state index in [4.69, 9.17) is 0 Å². The van der Waals surface area contributed by atoms with E-state index in [2.05, 4.69) is 61.6 Å². The number of hydrogen-bond acceptors (Lipinski definition) is 2. The molecule has 0 bridgehead atoms. The van der Waals surface area contributed by atoms with Gasteiger partial charge in [0.1, 0.15) is 5.82 Å². The Labute approximate surface area is 145 Å². The Hall–Kier alpha value is -1.97. The minimum atomic E-state index is -0.202. The maximum atomic E-state index is 13.0. The molecular formula is C21H27FN2. The molecule has 128 valence electrons. The maximum Gasteiger partial charge on any atom is 0.123 e. The summed E-state index contributed by atoms with van der Waals surface area (Å²) in [5.41, 5.74) is 4.62. The third-order valence-electron chi connectivity index (χ3n) is 4.03. The summed E-state index contributed by atoms with van der Waals surface area (Å²) in [6.45, 7) is 5.17. The quantitative estimate of drug-likeness (QED) is 0.722. The zero-order chi connectivity index (χ0) is 17.4. The summed E-state index contributed by atoms with van der Waals surface area (Å²) in [7, 11) is 4.19. The molecule has 0 atom stereocenters. The Bertz CT molecular complexity index is 643. The molecule has 2 nitrogen and oxygen atoms in total. The minimum absolute atomic E-state index is 0.202. The van der Waals surface area contributed by atoms with Gasteiger partial charge in [0.25, 0.3) is 0 Å². The van der Waals surface area contributed by atoms with Gasteiger partial charge >= 0.3 is 0 Å². The summed E-state index contributed by atoms with van der Waals surface area (Å²) >= 11 is 0. The molecule has 0 aromatic heterocycles. The Morgan fingerprint density at radius 3 is 2.17 bits per heavy atom. The summed E-state index contributed by atoms with van der Waals surface area (Å²) in [6.07, 6.45) is 3.38. The average Bonchev–Trinajstić information content (AvgIpc) is 2.58. The summed E-state index contributed by atoms with van der Waals surface area (Å²) in [6, 6.07) is 15.0. The molecule has 3 heteroatoms. The molecule has 1 N–H and O–H groups in total. The zero-order valence-corrected chi connectivity index (χ0v) is 14.8. The summed E-state index contributed by atoms with van der Waals surface area (Å²) in [5, 5.41) is 3.45. The van der Waals surface area contributed by atoms with Crippen LogP contribution in [0.5, 0.6) is 0 Å². The van der Waals surface area contributed by atoms with Gasteiger partial charge in [0.05, 0.1) is 0 Å². The summed E-state index contributed by atoms with van der Waals surface area (Å²) in [5.74, 6) is -0.202. The first-order valence-electron chi connectivity index (χ1n) is 8.45. The Morgan fingerprint density at radius 1 is 1.00 bits per heavy atom. The molecule has 2 rings (SSSR count). The molecule has 0 unspecified atom stereocenters. The molecule has 0 aliphatic carbocycles. The molecule has 0 aliphatic rings. The van der Waals surface area contributed by atoms with E-state index in [1.54, 1.807) is 0 Å². The number of nitrogens with zero attached hydrogens (tertiary/aromatic N) is 1. The van der Waals surface area contributed by atoms with Gasteiger partial charge in [0, 0.05) is 6.54 Å². The molecule has 0 spiro atoms. The largest absolute Gasteiger partial charge is 0.313 e. The van der Waals surface area contributed by atoms with Gasteiger partial charge in [0.2, 0.25) is 0 Å². The highest BCUT2D eigenvalue weighted by Crippen LogP contribution is 2.22. The Morgan fingerprint density at radius 2 is 1.58 bits per heavy atom. The second kappa shape index (κ2) is 9.36. The van der Waals surface area contributed by atoms with E-state index in [9.17, 15) is 4.39 Å². The van der Waals surface area contributed by atoms with Crippen LogP contribution in [0, 0.1) is 5.82 Å². The Kier molecular flexibility index (Phi) is 7.16. The van der Waals surface area contributed by atoms with Gasteiger partial charge in [-0.05, 0) is 74.9 Å². The normalized spacial score (nSPS) is 12.0. The second-order valence-electron chi connectivity index (χ2n) is 6.33. The van der Waals surface area contributed by atoms with E-state index in [-0.39, 0.29) is 5.82 Å². The van der Waals surface area contributed by atoms with E-state index in [0.29, 0.717) is 0 Å². The van der Waals surface area contributed by atoms with Crippen molar-refractivity contribution in [3.8, 4) is 11.1 Å². The van der Waals surface area contributed by atoms with E-state index in [1.807, 2.05) is 12.1 Å². The van der Waals surface area contributed by atoms with Crippen LogP contribution in [0.1, 0.15) is 18.9 Å². The highest BCUT2D eigenvalue weighted by Gasteiger charge is 2.00. The number of nitrogens with one attached hydrogen (secondary N) is 1. The van der Waals surface area contributed by atoms with Gasteiger partial charge in [-0.15, -0.1) is 0 Å². The van der Waals surface area contributed by atoms with Crippen LogP contribution in [0.2, 0.25) is 0 Å². The fourth-order valence-corrected chi connectivity index (χ4v) is 2.53. The van der Waals surface area contributed by atoms with Crippen molar-refractivity contribution in [2.75, 3.05) is 33.7 Å². The van der Waals surface area contributed by atoms with Crippen LogP contribution in [-0.2, 0) is 0 Å². The van der Waals surface area contributed by atoms with Crippen molar-refractivity contribution in [3.05, 3.63) is 66.0 Å². The molecule has 0 aliphatic heterocycles. The predicted octanol–water partition coefficient (Wildman–Crippen LogP) is 4.44. The molecule has 0 heterocycles.